The van der Waals surface area contributed by atoms with Gasteiger partial charge in [-0.3, -0.25) is 9.52 Å². The minimum Gasteiger partial charge on any atom is -0.301 e. The number of benzene rings is 3. The van der Waals surface area contributed by atoms with Crippen LogP contribution in [0.3, 0.4) is 0 Å². The number of rotatable bonds is 8. The monoisotopic (exact) mass is 529 g/mol. The van der Waals surface area contributed by atoms with Crippen molar-refractivity contribution in [3.05, 3.63) is 89.3 Å². The van der Waals surface area contributed by atoms with Crippen molar-refractivity contribution < 1.29 is 13.2 Å². The fourth-order valence-electron chi connectivity index (χ4n) is 3.00. The number of thiazole rings is 1. The van der Waals surface area contributed by atoms with E-state index in [1.807, 2.05) is 23.6 Å². The SMILES string of the molecule is CC(Sc1ccc(NS(=O)(=O)c2ccccc2)cc1)C(=O)Nc1nc(-c2ccccc2Cl)cs1. The molecular weight excluding hydrogens is 510 g/mol. The molecule has 1 atom stereocenters. The van der Waals surface area contributed by atoms with E-state index >= 15 is 0 Å². The van der Waals surface area contributed by atoms with E-state index in [-0.39, 0.29) is 16.1 Å². The Kier molecular flexibility index (Phi) is 7.57. The van der Waals surface area contributed by atoms with Crippen molar-refractivity contribution in [2.75, 3.05) is 10.0 Å². The maximum Gasteiger partial charge on any atom is 0.261 e. The molecule has 1 heterocycles. The molecule has 4 aromatic rings. The summed E-state index contributed by atoms with van der Waals surface area (Å²) >= 11 is 8.93. The Labute approximate surface area is 211 Å². The molecule has 174 valence electrons. The minimum absolute atomic E-state index is 0.182. The van der Waals surface area contributed by atoms with Gasteiger partial charge < -0.3 is 5.32 Å². The molecule has 0 spiro atoms. The van der Waals surface area contributed by atoms with Gasteiger partial charge in [0.1, 0.15) is 0 Å². The van der Waals surface area contributed by atoms with E-state index in [1.54, 1.807) is 55.5 Å². The molecule has 0 radical (unpaired) electrons. The maximum absolute atomic E-state index is 12.7. The number of hydrogen-bond acceptors (Lipinski definition) is 6. The van der Waals surface area contributed by atoms with Crippen molar-refractivity contribution in [2.45, 2.75) is 22.0 Å². The third kappa shape index (κ3) is 5.98. The number of thioether (sulfide) groups is 1. The molecule has 0 aliphatic rings. The molecule has 0 aliphatic heterocycles. The topological polar surface area (TPSA) is 88.2 Å². The van der Waals surface area contributed by atoms with Gasteiger partial charge in [-0.25, -0.2) is 13.4 Å². The molecule has 3 aromatic carbocycles. The quantitative estimate of drug-likeness (QED) is 0.258. The van der Waals surface area contributed by atoms with E-state index in [2.05, 4.69) is 15.0 Å². The number of sulfonamides is 1. The summed E-state index contributed by atoms with van der Waals surface area (Å²) in [5, 5.41) is 5.41. The van der Waals surface area contributed by atoms with Crippen molar-refractivity contribution in [3.8, 4) is 11.3 Å². The molecule has 1 amide bonds. The number of aromatic nitrogens is 1. The average molecular weight is 530 g/mol. The summed E-state index contributed by atoms with van der Waals surface area (Å²) in [6, 6.07) is 22.5. The molecule has 0 saturated heterocycles. The molecule has 0 aliphatic carbocycles. The van der Waals surface area contributed by atoms with Crippen LogP contribution in [0, 0.1) is 0 Å². The Bertz CT molecular complexity index is 1390. The van der Waals surface area contributed by atoms with Gasteiger partial charge in [0, 0.05) is 26.5 Å². The lowest BCUT2D eigenvalue weighted by Crippen LogP contribution is -2.22. The van der Waals surface area contributed by atoms with Crippen LogP contribution in [0.4, 0.5) is 10.8 Å². The summed E-state index contributed by atoms with van der Waals surface area (Å²) in [5.74, 6) is -0.182. The van der Waals surface area contributed by atoms with Crippen LogP contribution in [0.25, 0.3) is 11.3 Å². The lowest BCUT2D eigenvalue weighted by atomic mass is 10.2. The molecule has 2 N–H and O–H groups in total. The van der Waals surface area contributed by atoms with Crippen molar-refractivity contribution in [1.82, 2.24) is 4.98 Å². The summed E-state index contributed by atoms with van der Waals surface area (Å²) in [5.41, 5.74) is 1.96. The molecule has 0 fully saturated rings. The van der Waals surface area contributed by atoms with Gasteiger partial charge in [-0.2, -0.15) is 0 Å². The van der Waals surface area contributed by atoms with Gasteiger partial charge in [0.15, 0.2) is 5.13 Å². The van der Waals surface area contributed by atoms with Gasteiger partial charge in [0.25, 0.3) is 10.0 Å². The third-order valence-corrected chi connectivity index (χ3v) is 8.32. The van der Waals surface area contributed by atoms with Crippen LogP contribution in [-0.4, -0.2) is 24.6 Å². The molecule has 34 heavy (non-hydrogen) atoms. The largest absolute Gasteiger partial charge is 0.301 e. The standard InChI is InChI=1S/C24H20ClN3O3S3/c1-16(23(29)27-24-26-22(15-32-24)20-9-5-6-10-21(20)25)33-18-13-11-17(12-14-18)28-34(30,31)19-7-3-2-4-8-19/h2-16,28H,1H3,(H,26,27,29). The number of anilines is 2. The number of halogens is 1. The Morgan fingerprint density at radius 3 is 2.38 bits per heavy atom. The van der Waals surface area contributed by atoms with Crippen LogP contribution in [0.5, 0.6) is 0 Å². The third-order valence-electron chi connectivity index (χ3n) is 4.73. The highest BCUT2D eigenvalue weighted by molar-refractivity contribution is 8.00. The number of carbonyl (C=O) groups is 1. The number of carbonyl (C=O) groups excluding carboxylic acids is 1. The van der Waals surface area contributed by atoms with Gasteiger partial charge >= 0.3 is 0 Å². The second kappa shape index (κ2) is 10.6. The molecule has 0 saturated carbocycles. The van der Waals surface area contributed by atoms with E-state index in [1.165, 1.54) is 35.2 Å². The lowest BCUT2D eigenvalue weighted by Gasteiger charge is -2.12. The van der Waals surface area contributed by atoms with Crippen molar-refractivity contribution in [2.24, 2.45) is 0 Å². The van der Waals surface area contributed by atoms with Crippen molar-refractivity contribution in [3.63, 3.8) is 0 Å². The molecule has 10 heteroatoms. The molecule has 1 aromatic heterocycles. The Balaban J connectivity index is 1.35. The molecule has 0 bridgehead atoms. The van der Waals surface area contributed by atoms with Crippen molar-refractivity contribution in [1.29, 1.82) is 0 Å². The molecule has 1 unspecified atom stereocenters. The summed E-state index contributed by atoms with van der Waals surface area (Å²) in [7, 11) is -3.65. The first-order valence-corrected chi connectivity index (χ1v) is 13.8. The number of nitrogens with one attached hydrogen (secondary N) is 2. The van der Waals surface area contributed by atoms with Crippen LogP contribution in [-0.2, 0) is 14.8 Å². The zero-order chi connectivity index (χ0) is 24.1. The zero-order valence-electron chi connectivity index (χ0n) is 17.9. The zero-order valence-corrected chi connectivity index (χ0v) is 21.1. The second-order valence-corrected chi connectivity index (χ2v) is 11.6. The number of nitrogens with zero attached hydrogens (tertiary/aromatic N) is 1. The van der Waals surface area contributed by atoms with Gasteiger partial charge in [-0.05, 0) is 49.4 Å². The lowest BCUT2D eigenvalue weighted by molar-refractivity contribution is -0.115. The Hall–Kier alpha value is -2.85. The Morgan fingerprint density at radius 1 is 1.00 bits per heavy atom. The van der Waals surface area contributed by atoms with E-state index < -0.39 is 10.0 Å². The highest BCUT2D eigenvalue weighted by Crippen LogP contribution is 2.31. The predicted octanol–water partition coefficient (Wildman–Crippen LogP) is 6.38. The summed E-state index contributed by atoms with van der Waals surface area (Å²) in [6.07, 6.45) is 0. The fraction of sp³-hybridized carbons (Fsp3) is 0.0833. The van der Waals surface area contributed by atoms with E-state index in [0.29, 0.717) is 21.5 Å². The number of hydrogen-bond donors (Lipinski definition) is 2. The first-order valence-electron chi connectivity index (χ1n) is 10.2. The average Bonchev–Trinajstić information content (AvgIpc) is 3.29. The van der Waals surface area contributed by atoms with Crippen LogP contribution in [0.1, 0.15) is 6.92 Å². The van der Waals surface area contributed by atoms with Gasteiger partial charge in [0.2, 0.25) is 5.91 Å². The maximum atomic E-state index is 12.7. The Morgan fingerprint density at radius 2 is 1.68 bits per heavy atom. The highest BCUT2D eigenvalue weighted by atomic mass is 35.5. The molecular formula is C24H20ClN3O3S3. The van der Waals surface area contributed by atoms with Crippen LogP contribution in [0.2, 0.25) is 5.02 Å². The second-order valence-electron chi connectivity index (χ2n) is 7.21. The highest BCUT2D eigenvalue weighted by Gasteiger charge is 2.18. The van der Waals surface area contributed by atoms with E-state index in [0.717, 1.165) is 10.5 Å². The smallest absolute Gasteiger partial charge is 0.261 e. The predicted molar refractivity (Wildman–Crippen MR) is 140 cm³/mol. The van der Waals surface area contributed by atoms with E-state index in [9.17, 15) is 13.2 Å². The first-order chi connectivity index (χ1) is 16.3. The minimum atomic E-state index is -3.65. The summed E-state index contributed by atoms with van der Waals surface area (Å²) in [6.45, 7) is 1.80. The molecule has 6 nitrogen and oxygen atoms in total. The van der Waals surface area contributed by atoms with Crippen LogP contribution in [0.15, 0.2) is 94.0 Å². The van der Waals surface area contributed by atoms with Gasteiger partial charge in [-0.1, -0.05) is 48.0 Å². The molecule has 4 rings (SSSR count). The van der Waals surface area contributed by atoms with Crippen molar-refractivity contribution >= 4 is 61.4 Å². The van der Waals surface area contributed by atoms with Crippen LogP contribution < -0.4 is 10.0 Å². The normalized spacial score (nSPS) is 12.2. The van der Waals surface area contributed by atoms with Gasteiger partial charge in [-0.15, -0.1) is 23.1 Å². The van der Waals surface area contributed by atoms with Crippen LogP contribution >= 0.6 is 34.7 Å². The fourth-order valence-corrected chi connectivity index (χ4v) is 5.90. The first kappa shape index (κ1) is 24.3. The summed E-state index contributed by atoms with van der Waals surface area (Å²) in [4.78, 5) is 18.2. The number of amides is 1. The van der Waals surface area contributed by atoms with Gasteiger partial charge in [0.05, 0.1) is 15.8 Å². The summed E-state index contributed by atoms with van der Waals surface area (Å²) < 4.78 is 27.5. The van der Waals surface area contributed by atoms with E-state index in [4.69, 9.17) is 11.6 Å².